The number of H-pyrrole nitrogens is 1. The van der Waals surface area contributed by atoms with Crippen LogP contribution in [0.15, 0.2) is 23.2 Å². The smallest absolute Gasteiger partial charge is 0.189 e. The van der Waals surface area contributed by atoms with E-state index in [-0.39, 0.29) is 0 Å². The molecule has 1 aromatic heterocycles. The monoisotopic (exact) mass is 259 g/mol. The maximum Gasteiger partial charge on any atom is 0.189 e. The lowest BCUT2D eigenvalue weighted by Crippen LogP contribution is -2.38. The molecule has 2 aromatic rings. The average Bonchev–Trinajstić information content (AvgIpc) is 2.81. The van der Waals surface area contributed by atoms with Gasteiger partial charge in [0.2, 0.25) is 0 Å². The fourth-order valence-electron chi connectivity index (χ4n) is 1.86. The van der Waals surface area contributed by atoms with Crippen molar-refractivity contribution in [3.63, 3.8) is 0 Å². The molecule has 1 atom stereocenters. The van der Waals surface area contributed by atoms with Crippen LogP contribution in [-0.4, -0.2) is 22.0 Å². The number of aliphatic imine (C=N–C) groups is 1. The number of aromatic nitrogens is 2. The third-order valence-electron chi connectivity index (χ3n) is 3.17. The Morgan fingerprint density at radius 2 is 2.32 bits per heavy atom. The van der Waals surface area contributed by atoms with E-state index in [1.54, 1.807) is 0 Å². The Morgan fingerprint density at radius 3 is 3.00 bits per heavy atom. The van der Waals surface area contributed by atoms with Gasteiger partial charge in [-0.2, -0.15) is 0 Å². The molecule has 19 heavy (non-hydrogen) atoms. The molecule has 0 bridgehead atoms. The molecule has 0 amide bonds. The highest BCUT2D eigenvalue weighted by Crippen LogP contribution is 2.15. The summed E-state index contributed by atoms with van der Waals surface area (Å²) in [6.45, 7) is 6.69. The fraction of sp³-hybridized carbons (Fsp3) is 0.429. The molecule has 4 N–H and O–H groups in total. The number of nitrogens with zero attached hydrogens (tertiary/aromatic N) is 2. The lowest BCUT2D eigenvalue weighted by Gasteiger charge is -2.11. The quantitative estimate of drug-likeness (QED) is 0.581. The van der Waals surface area contributed by atoms with E-state index in [1.807, 2.05) is 12.1 Å². The number of nitrogens with one attached hydrogen (secondary N) is 2. The Labute approximate surface area is 113 Å². The van der Waals surface area contributed by atoms with Gasteiger partial charge in [-0.25, -0.2) is 9.98 Å². The molecule has 0 saturated carbocycles. The van der Waals surface area contributed by atoms with Crippen molar-refractivity contribution in [2.75, 3.05) is 0 Å². The van der Waals surface area contributed by atoms with Crippen molar-refractivity contribution in [2.45, 2.75) is 39.8 Å². The molecular weight excluding hydrogens is 238 g/mol. The number of benzene rings is 1. The number of aryl methyl sites for hydroxylation is 1. The second-order valence-corrected chi connectivity index (χ2v) is 4.81. The number of rotatable bonds is 4. The zero-order valence-electron chi connectivity index (χ0n) is 11.7. The van der Waals surface area contributed by atoms with Crippen molar-refractivity contribution in [2.24, 2.45) is 10.7 Å². The molecule has 5 heteroatoms. The van der Waals surface area contributed by atoms with E-state index in [1.165, 1.54) is 0 Å². The molecular formula is C14H21N5. The first-order chi connectivity index (χ1) is 9.10. The lowest BCUT2D eigenvalue weighted by atomic mass is 10.2. The zero-order chi connectivity index (χ0) is 13.8. The van der Waals surface area contributed by atoms with E-state index >= 15 is 0 Å². The van der Waals surface area contributed by atoms with E-state index in [4.69, 9.17) is 5.73 Å². The van der Waals surface area contributed by atoms with Crippen LogP contribution in [0.4, 0.5) is 0 Å². The van der Waals surface area contributed by atoms with Crippen LogP contribution in [-0.2, 0) is 6.54 Å². The summed E-state index contributed by atoms with van der Waals surface area (Å²) in [6, 6.07) is 6.42. The molecule has 0 radical (unpaired) electrons. The van der Waals surface area contributed by atoms with Crippen LogP contribution in [0.25, 0.3) is 11.0 Å². The predicted octanol–water partition coefficient (Wildman–Crippen LogP) is 2.07. The maximum absolute atomic E-state index is 5.82. The van der Waals surface area contributed by atoms with Crippen molar-refractivity contribution in [3.8, 4) is 0 Å². The molecule has 1 unspecified atom stereocenters. The molecule has 1 aromatic carbocycles. The SMILES string of the molecule is CCC(C)NC(N)=NCc1nc2c(C)cccc2[nH]1. The van der Waals surface area contributed by atoms with Gasteiger partial charge >= 0.3 is 0 Å². The summed E-state index contributed by atoms with van der Waals surface area (Å²) in [7, 11) is 0. The van der Waals surface area contributed by atoms with Gasteiger partial charge in [-0.3, -0.25) is 0 Å². The Hall–Kier alpha value is -2.04. The topological polar surface area (TPSA) is 79.1 Å². The van der Waals surface area contributed by atoms with E-state index in [0.717, 1.165) is 28.8 Å². The first-order valence-electron chi connectivity index (χ1n) is 6.60. The second-order valence-electron chi connectivity index (χ2n) is 4.81. The maximum atomic E-state index is 5.82. The third kappa shape index (κ3) is 3.24. The van der Waals surface area contributed by atoms with Crippen LogP contribution >= 0.6 is 0 Å². The van der Waals surface area contributed by atoms with Gasteiger partial charge in [-0.1, -0.05) is 19.1 Å². The van der Waals surface area contributed by atoms with Gasteiger partial charge in [0.15, 0.2) is 5.96 Å². The number of guanidine groups is 1. The van der Waals surface area contributed by atoms with Crippen LogP contribution < -0.4 is 11.1 Å². The number of nitrogens with two attached hydrogens (primary N) is 1. The zero-order valence-corrected chi connectivity index (χ0v) is 11.7. The lowest BCUT2D eigenvalue weighted by molar-refractivity contribution is 0.636. The van der Waals surface area contributed by atoms with Crippen molar-refractivity contribution in [3.05, 3.63) is 29.6 Å². The minimum Gasteiger partial charge on any atom is -0.370 e. The van der Waals surface area contributed by atoms with Crippen LogP contribution in [0.3, 0.4) is 0 Å². The van der Waals surface area contributed by atoms with Crippen LogP contribution in [0.1, 0.15) is 31.7 Å². The highest BCUT2D eigenvalue weighted by Gasteiger charge is 2.04. The summed E-state index contributed by atoms with van der Waals surface area (Å²) in [6.07, 6.45) is 1.01. The summed E-state index contributed by atoms with van der Waals surface area (Å²) >= 11 is 0. The summed E-state index contributed by atoms with van der Waals surface area (Å²) in [4.78, 5) is 12.1. The van der Waals surface area contributed by atoms with E-state index < -0.39 is 0 Å². The number of hydrogen-bond acceptors (Lipinski definition) is 2. The van der Waals surface area contributed by atoms with Gasteiger partial charge in [0.05, 0.1) is 11.0 Å². The molecule has 0 aliphatic heterocycles. The van der Waals surface area contributed by atoms with Gasteiger partial charge in [-0.05, 0) is 31.9 Å². The Kier molecular flexibility index (Phi) is 4.04. The predicted molar refractivity (Wildman–Crippen MR) is 79.0 cm³/mol. The van der Waals surface area contributed by atoms with Gasteiger partial charge in [-0.15, -0.1) is 0 Å². The number of imidazole rings is 1. The Morgan fingerprint density at radius 1 is 1.53 bits per heavy atom. The van der Waals surface area contributed by atoms with Crippen LogP contribution in [0.2, 0.25) is 0 Å². The summed E-state index contributed by atoms with van der Waals surface area (Å²) in [5.74, 6) is 1.30. The molecule has 102 valence electrons. The normalized spacial score (nSPS) is 13.7. The van der Waals surface area contributed by atoms with Gasteiger partial charge in [0.25, 0.3) is 0 Å². The van der Waals surface area contributed by atoms with E-state index in [2.05, 4.69) is 47.1 Å². The summed E-state index contributed by atoms with van der Waals surface area (Å²) < 4.78 is 0. The summed E-state index contributed by atoms with van der Waals surface area (Å²) in [5, 5.41) is 3.13. The molecule has 1 heterocycles. The van der Waals surface area contributed by atoms with Crippen molar-refractivity contribution >= 4 is 17.0 Å². The second kappa shape index (κ2) is 5.73. The number of fused-ring (bicyclic) bond motifs is 1. The van der Waals surface area contributed by atoms with Crippen LogP contribution in [0.5, 0.6) is 0 Å². The highest BCUT2D eigenvalue weighted by atomic mass is 15.1. The van der Waals surface area contributed by atoms with Gasteiger partial charge < -0.3 is 16.0 Å². The minimum absolute atomic E-state index is 0.335. The fourth-order valence-corrected chi connectivity index (χ4v) is 1.86. The van der Waals surface area contributed by atoms with Crippen molar-refractivity contribution < 1.29 is 0 Å². The van der Waals surface area contributed by atoms with Crippen molar-refractivity contribution in [1.29, 1.82) is 0 Å². The first-order valence-corrected chi connectivity index (χ1v) is 6.60. The minimum atomic E-state index is 0.335. The number of aromatic amines is 1. The third-order valence-corrected chi connectivity index (χ3v) is 3.17. The van der Waals surface area contributed by atoms with Crippen molar-refractivity contribution in [1.82, 2.24) is 15.3 Å². The van der Waals surface area contributed by atoms with Gasteiger partial charge in [0, 0.05) is 6.04 Å². The molecule has 0 spiro atoms. The Balaban J connectivity index is 2.09. The summed E-state index contributed by atoms with van der Waals surface area (Å²) in [5.41, 5.74) is 9.02. The number of hydrogen-bond donors (Lipinski definition) is 3. The standard InChI is InChI=1S/C14H21N5/c1-4-10(3)17-14(15)16-8-12-18-11-7-5-6-9(2)13(11)19-12/h5-7,10H,4,8H2,1-3H3,(H,18,19)(H3,15,16,17). The number of para-hydroxylation sites is 1. The van der Waals surface area contributed by atoms with E-state index in [9.17, 15) is 0 Å². The molecule has 0 aliphatic rings. The van der Waals surface area contributed by atoms with Crippen LogP contribution in [0, 0.1) is 6.92 Å². The Bertz CT molecular complexity index is 585. The highest BCUT2D eigenvalue weighted by molar-refractivity contribution is 5.79. The average molecular weight is 259 g/mol. The van der Waals surface area contributed by atoms with Gasteiger partial charge in [0.1, 0.15) is 12.4 Å². The molecule has 2 rings (SSSR count). The molecule has 0 aliphatic carbocycles. The molecule has 0 fully saturated rings. The van der Waals surface area contributed by atoms with E-state index in [0.29, 0.717) is 18.5 Å². The molecule has 5 nitrogen and oxygen atoms in total. The largest absolute Gasteiger partial charge is 0.370 e. The first kappa shape index (κ1) is 13.4. The molecule has 0 saturated heterocycles.